The molecular formula is C31H35N3O4S. The first-order chi connectivity index (χ1) is 18.7. The number of anilines is 2. The molecule has 1 aliphatic heterocycles. The summed E-state index contributed by atoms with van der Waals surface area (Å²) in [6.07, 6.45) is 5.91. The summed E-state index contributed by atoms with van der Waals surface area (Å²) in [7, 11) is -2.51. The molecule has 204 valence electrons. The molecule has 0 spiro atoms. The molecule has 0 aromatic heterocycles. The molecule has 2 aliphatic rings. The topological polar surface area (TPSA) is 87.7 Å². The van der Waals surface area contributed by atoms with Crippen LogP contribution in [0.1, 0.15) is 43.6 Å². The van der Waals surface area contributed by atoms with Crippen molar-refractivity contribution in [1.29, 1.82) is 0 Å². The van der Waals surface area contributed by atoms with Gasteiger partial charge in [0.1, 0.15) is 12.4 Å². The number of nitrogens with one attached hydrogen (secondary N) is 2. The summed E-state index contributed by atoms with van der Waals surface area (Å²) in [5.41, 5.74) is 4.97. The monoisotopic (exact) mass is 545 g/mol. The van der Waals surface area contributed by atoms with Crippen molar-refractivity contribution in [3.05, 3.63) is 78.4 Å². The van der Waals surface area contributed by atoms with Crippen molar-refractivity contribution in [2.45, 2.75) is 38.0 Å². The van der Waals surface area contributed by atoms with Gasteiger partial charge in [-0.15, -0.1) is 0 Å². The summed E-state index contributed by atoms with van der Waals surface area (Å²) in [5.74, 6) is 4.84. The van der Waals surface area contributed by atoms with Crippen LogP contribution in [0.2, 0.25) is 0 Å². The minimum atomic E-state index is -2.51. The second kappa shape index (κ2) is 11.5. The Labute approximate surface area is 230 Å². The molecule has 0 saturated heterocycles. The minimum absolute atomic E-state index is 0.167. The van der Waals surface area contributed by atoms with Gasteiger partial charge in [-0.25, -0.2) is 9.00 Å². The van der Waals surface area contributed by atoms with E-state index in [1.165, 1.54) is 11.8 Å². The predicted molar refractivity (Wildman–Crippen MR) is 159 cm³/mol. The maximum atomic E-state index is 12.9. The third-order valence-electron chi connectivity index (χ3n) is 7.46. The lowest BCUT2D eigenvalue weighted by molar-refractivity contribution is -0.120. The Morgan fingerprint density at radius 2 is 1.67 bits per heavy atom. The highest BCUT2D eigenvalue weighted by Gasteiger charge is 2.26. The van der Waals surface area contributed by atoms with Crippen LogP contribution >= 0.6 is 0 Å². The average Bonchev–Trinajstić information content (AvgIpc) is 2.92. The Morgan fingerprint density at radius 3 is 2.36 bits per heavy atom. The molecule has 3 amide bonds. The summed E-state index contributed by atoms with van der Waals surface area (Å²) in [4.78, 5) is 26.8. The molecule has 1 unspecified atom stereocenters. The zero-order chi connectivity index (χ0) is 27.4. The number of hydrogen-bond donors (Lipinski definition) is 2. The van der Waals surface area contributed by atoms with Gasteiger partial charge in [0.15, 0.2) is 0 Å². The highest BCUT2D eigenvalue weighted by molar-refractivity contribution is 7.98. The molecule has 3 aromatic rings. The van der Waals surface area contributed by atoms with E-state index in [0.717, 1.165) is 48.2 Å². The van der Waals surface area contributed by atoms with Gasteiger partial charge < -0.3 is 10.1 Å². The van der Waals surface area contributed by atoms with E-state index in [1.807, 2.05) is 48.5 Å². The molecule has 1 aliphatic carbocycles. The molecule has 1 atom stereocenters. The molecule has 8 heteroatoms. The fourth-order valence-electron chi connectivity index (χ4n) is 5.52. The fraction of sp³-hybridized carbons (Fsp3) is 0.323. The third-order valence-corrected chi connectivity index (χ3v) is 8.12. The van der Waals surface area contributed by atoms with E-state index in [2.05, 4.69) is 40.2 Å². The zero-order valence-corrected chi connectivity index (χ0v) is 23.0. The number of carbonyl (C=O) groups excluding carboxylic acids is 2. The fourth-order valence-corrected chi connectivity index (χ4v) is 6.08. The Kier molecular flexibility index (Phi) is 7.93. The Balaban J connectivity index is 1.21. The number of urea groups is 1. The van der Waals surface area contributed by atoms with Crippen LogP contribution in [0.4, 0.5) is 16.2 Å². The third kappa shape index (κ3) is 6.81. The highest BCUT2D eigenvalue weighted by Crippen LogP contribution is 2.39. The smallest absolute Gasteiger partial charge is 0.326 e. The maximum Gasteiger partial charge on any atom is 0.326 e. The van der Waals surface area contributed by atoms with E-state index in [-0.39, 0.29) is 11.9 Å². The lowest BCUT2D eigenvalue weighted by Crippen LogP contribution is -2.40. The molecule has 1 saturated carbocycles. The first kappa shape index (κ1) is 26.8. The summed E-state index contributed by atoms with van der Waals surface area (Å²) < 4.78 is 20.2. The van der Waals surface area contributed by atoms with E-state index in [9.17, 15) is 13.8 Å². The number of ether oxygens (including phenoxy) is 1. The molecule has 1 heterocycles. The van der Waals surface area contributed by atoms with Gasteiger partial charge in [-0.2, -0.15) is 0 Å². The van der Waals surface area contributed by atoms with Gasteiger partial charge in [-0.3, -0.25) is 14.4 Å². The van der Waals surface area contributed by atoms with Crippen LogP contribution in [-0.2, 0) is 14.5 Å². The summed E-state index contributed by atoms with van der Waals surface area (Å²) in [6, 6.07) is 23.9. The van der Waals surface area contributed by atoms with Gasteiger partial charge >= 0.3 is 6.03 Å². The lowest BCUT2D eigenvalue weighted by atomic mass is 9.77. The second-order valence-corrected chi connectivity index (χ2v) is 12.8. The molecule has 5 rings (SSSR count). The maximum absolute atomic E-state index is 12.9. The van der Waals surface area contributed by atoms with Crippen molar-refractivity contribution >= 4 is 38.9 Å². The van der Waals surface area contributed by atoms with Crippen LogP contribution in [0.15, 0.2) is 72.8 Å². The Hall–Kier alpha value is -3.78. The van der Waals surface area contributed by atoms with Crippen molar-refractivity contribution in [3.8, 4) is 16.9 Å². The van der Waals surface area contributed by atoms with Gasteiger partial charge in [-0.05, 0) is 84.3 Å². The van der Waals surface area contributed by atoms with E-state index in [1.54, 1.807) is 4.90 Å². The summed E-state index contributed by atoms with van der Waals surface area (Å²) in [5, 5.41) is 2.95. The van der Waals surface area contributed by atoms with E-state index < -0.39 is 9.71 Å². The lowest BCUT2D eigenvalue weighted by Gasteiger charge is -2.30. The van der Waals surface area contributed by atoms with E-state index >= 15 is 0 Å². The first-order valence-electron chi connectivity index (χ1n) is 13.4. The van der Waals surface area contributed by atoms with Crippen LogP contribution in [0.25, 0.3) is 11.1 Å². The number of fused-ring (bicyclic) bond motifs is 1. The SMILES string of the molecule is C=S(C)(=O)NC(=O)CC1CCC(c2ccc(-c3ccc4c(c3)OCCN4C(=O)Nc3ccccc3)cc2)CC1. The van der Waals surface area contributed by atoms with E-state index in [4.69, 9.17) is 4.74 Å². The van der Waals surface area contributed by atoms with Crippen molar-refractivity contribution in [2.24, 2.45) is 5.92 Å². The number of benzene rings is 3. The number of carbonyl (C=O) groups is 2. The van der Waals surface area contributed by atoms with Crippen LogP contribution in [0.3, 0.4) is 0 Å². The highest BCUT2D eigenvalue weighted by atomic mass is 32.2. The van der Waals surface area contributed by atoms with Crippen LogP contribution in [-0.4, -0.2) is 41.4 Å². The van der Waals surface area contributed by atoms with Crippen molar-refractivity contribution < 1.29 is 18.5 Å². The first-order valence-corrected chi connectivity index (χ1v) is 15.5. The second-order valence-electron chi connectivity index (χ2n) is 10.6. The number of nitrogens with zero attached hydrogens (tertiary/aromatic N) is 1. The van der Waals surface area contributed by atoms with Crippen LogP contribution in [0.5, 0.6) is 5.75 Å². The molecule has 3 aromatic carbocycles. The number of hydrogen-bond acceptors (Lipinski definition) is 4. The molecule has 39 heavy (non-hydrogen) atoms. The number of rotatable bonds is 6. The van der Waals surface area contributed by atoms with Gasteiger partial charge in [0.05, 0.1) is 12.2 Å². The predicted octanol–water partition coefficient (Wildman–Crippen LogP) is 5.83. The molecule has 0 bridgehead atoms. The molecule has 2 N–H and O–H groups in total. The number of para-hydroxylation sites is 1. The van der Waals surface area contributed by atoms with Crippen molar-refractivity contribution in [2.75, 3.05) is 29.6 Å². The molecule has 7 nitrogen and oxygen atoms in total. The molecular weight excluding hydrogens is 510 g/mol. The van der Waals surface area contributed by atoms with Crippen LogP contribution in [0, 0.1) is 5.92 Å². The largest absolute Gasteiger partial charge is 0.490 e. The normalized spacial score (nSPS) is 20.2. The summed E-state index contributed by atoms with van der Waals surface area (Å²) in [6.45, 7) is 0.927. The van der Waals surface area contributed by atoms with E-state index in [0.29, 0.717) is 37.2 Å². The van der Waals surface area contributed by atoms with Gasteiger partial charge in [0.25, 0.3) is 0 Å². The Bertz CT molecular complexity index is 1430. The van der Waals surface area contributed by atoms with Crippen molar-refractivity contribution in [1.82, 2.24) is 4.72 Å². The Morgan fingerprint density at radius 1 is 0.974 bits per heavy atom. The van der Waals surface area contributed by atoms with Gasteiger partial charge in [-0.1, -0.05) is 48.5 Å². The molecule has 1 fully saturated rings. The average molecular weight is 546 g/mol. The van der Waals surface area contributed by atoms with Crippen LogP contribution < -0.4 is 19.7 Å². The zero-order valence-electron chi connectivity index (χ0n) is 22.2. The van der Waals surface area contributed by atoms with Gasteiger partial charge in [0.2, 0.25) is 5.91 Å². The quantitative estimate of drug-likeness (QED) is 0.382. The molecule has 0 radical (unpaired) electrons. The standard InChI is InChI=1S/C31H35N3O4S/c1-39(2,37)33-30(35)20-22-8-10-23(11-9-22)24-12-14-25(15-13-24)26-16-17-28-29(21-26)38-19-18-34(28)31(36)32-27-6-4-3-5-7-27/h3-7,12-17,21-23H,1,8-11,18-20H2,2H3,(H,32,36)(H,33,35,37). The minimum Gasteiger partial charge on any atom is -0.490 e. The summed E-state index contributed by atoms with van der Waals surface area (Å²) >= 11 is 0. The van der Waals surface area contributed by atoms with Crippen molar-refractivity contribution in [3.63, 3.8) is 0 Å². The number of amides is 3. The van der Waals surface area contributed by atoms with Gasteiger partial charge in [0, 0.05) is 28.1 Å².